The molecule has 1 amide bonds. The highest BCUT2D eigenvalue weighted by Gasteiger charge is 2.19. The second-order valence-corrected chi connectivity index (χ2v) is 7.10. The van der Waals surface area contributed by atoms with Gasteiger partial charge in [0.1, 0.15) is 0 Å². The molecule has 0 radical (unpaired) electrons. The minimum atomic E-state index is -3.91. The fourth-order valence-corrected chi connectivity index (χ4v) is 2.35. The third-order valence-corrected chi connectivity index (χ3v) is 4.54. The molecule has 5 nitrogen and oxygen atoms in total. The summed E-state index contributed by atoms with van der Waals surface area (Å²) in [6, 6.07) is 2.45. The number of sulfonamides is 1. The molecule has 1 aromatic carbocycles. The van der Waals surface area contributed by atoms with Gasteiger partial charge in [-0.1, -0.05) is 25.4 Å². The van der Waals surface area contributed by atoms with Crippen LogP contribution in [0.4, 0.5) is 0 Å². The highest BCUT2D eigenvalue weighted by molar-refractivity contribution is 7.89. The van der Waals surface area contributed by atoms with Crippen molar-refractivity contribution in [2.24, 2.45) is 11.1 Å². The first kappa shape index (κ1) is 16.9. The quantitative estimate of drug-likeness (QED) is 0.890. The molecule has 0 spiro atoms. The molecule has 0 aliphatic rings. The summed E-state index contributed by atoms with van der Waals surface area (Å²) in [6.07, 6.45) is 0. The van der Waals surface area contributed by atoms with E-state index in [9.17, 15) is 13.2 Å². The first-order valence-electron chi connectivity index (χ1n) is 6.18. The Labute approximate surface area is 124 Å². The molecule has 20 heavy (non-hydrogen) atoms. The Morgan fingerprint density at radius 2 is 1.85 bits per heavy atom. The van der Waals surface area contributed by atoms with Crippen molar-refractivity contribution in [1.29, 1.82) is 0 Å². The van der Waals surface area contributed by atoms with E-state index in [0.29, 0.717) is 5.56 Å². The number of hydrogen-bond donors (Lipinski definition) is 2. The zero-order chi connectivity index (χ0) is 15.7. The molecule has 3 N–H and O–H groups in total. The standard InChI is InChI=1S/C13H19ClN2O3S/c1-7(2)9(4)16-13(17)11-5-10(20(15,18)19)6-12(14)8(11)3/h5-7,9H,1-4H3,(H,16,17)(H2,15,18,19). The number of nitrogens with two attached hydrogens (primary N) is 1. The maximum Gasteiger partial charge on any atom is 0.251 e. The fourth-order valence-electron chi connectivity index (χ4n) is 1.51. The molecule has 1 unspecified atom stereocenters. The minimum Gasteiger partial charge on any atom is -0.349 e. The first-order valence-corrected chi connectivity index (χ1v) is 8.10. The predicted molar refractivity (Wildman–Crippen MR) is 79.3 cm³/mol. The van der Waals surface area contributed by atoms with E-state index >= 15 is 0 Å². The van der Waals surface area contributed by atoms with Crippen LogP contribution in [0.3, 0.4) is 0 Å². The summed E-state index contributed by atoms with van der Waals surface area (Å²) in [5.41, 5.74) is 0.738. The Bertz CT molecular complexity index is 627. The minimum absolute atomic E-state index is 0.0428. The predicted octanol–water partition coefficient (Wildman–Crippen LogP) is 2.07. The van der Waals surface area contributed by atoms with Crippen LogP contribution in [0.1, 0.15) is 36.7 Å². The van der Waals surface area contributed by atoms with Crippen LogP contribution in [0, 0.1) is 12.8 Å². The van der Waals surface area contributed by atoms with Crippen LogP contribution in [-0.4, -0.2) is 20.4 Å². The smallest absolute Gasteiger partial charge is 0.251 e. The molecule has 0 aromatic heterocycles. The summed E-state index contributed by atoms with van der Waals surface area (Å²) in [7, 11) is -3.91. The number of hydrogen-bond acceptors (Lipinski definition) is 3. The van der Waals surface area contributed by atoms with Gasteiger partial charge in [0, 0.05) is 16.6 Å². The van der Waals surface area contributed by atoms with Crippen LogP contribution in [-0.2, 0) is 10.0 Å². The first-order chi connectivity index (χ1) is 9.04. The molecular formula is C13H19ClN2O3S. The second-order valence-electron chi connectivity index (χ2n) is 5.13. The number of carbonyl (C=O) groups excluding carboxylic acids is 1. The molecule has 0 bridgehead atoms. The maximum atomic E-state index is 12.2. The molecule has 7 heteroatoms. The van der Waals surface area contributed by atoms with Gasteiger partial charge in [-0.2, -0.15) is 0 Å². The Balaban J connectivity index is 3.24. The lowest BCUT2D eigenvalue weighted by Gasteiger charge is -2.18. The van der Waals surface area contributed by atoms with Crippen LogP contribution >= 0.6 is 11.6 Å². The molecule has 1 aromatic rings. The van der Waals surface area contributed by atoms with Gasteiger partial charge < -0.3 is 5.32 Å². The average molecular weight is 319 g/mol. The van der Waals surface area contributed by atoms with Gasteiger partial charge in [-0.25, -0.2) is 13.6 Å². The number of amides is 1. The van der Waals surface area contributed by atoms with Crippen LogP contribution in [0.15, 0.2) is 17.0 Å². The van der Waals surface area contributed by atoms with E-state index in [2.05, 4.69) is 5.32 Å². The van der Waals surface area contributed by atoms with Gasteiger partial charge in [-0.3, -0.25) is 4.79 Å². The Morgan fingerprint density at radius 3 is 2.30 bits per heavy atom. The summed E-state index contributed by atoms with van der Waals surface area (Å²) in [6.45, 7) is 7.49. The topological polar surface area (TPSA) is 89.3 Å². The zero-order valence-corrected chi connectivity index (χ0v) is 13.5. The van der Waals surface area contributed by atoms with Crippen molar-refractivity contribution in [3.63, 3.8) is 0 Å². The van der Waals surface area contributed by atoms with E-state index in [1.54, 1.807) is 6.92 Å². The number of rotatable bonds is 4. The molecule has 0 aliphatic heterocycles. The van der Waals surface area contributed by atoms with Crippen molar-refractivity contribution in [2.45, 2.75) is 38.6 Å². The molecule has 0 aliphatic carbocycles. The third-order valence-electron chi connectivity index (χ3n) is 3.25. The van der Waals surface area contributed by atoms with Crippen molar-refractivity contribution in [3.8, 4) is 0 Å². The number of benzene rings is 1. The largest absolute Gasteiger partial charge is 0.349 e. The monoisotopic (exact) mass is 318 g/mol. The van der Waals surface area contributed by atoms with Crippen LogP contribution in [0.5, 0.6) is 0 Å². The van der Waals surface area contributed by atoms with Crippen molar-refractivity contribution in [1.82, 2.24) is 5.32 Å². The summed E-state index contributed by atoms with van der Waals surface area (Å²) >= 11 is 5.97. The van der Waals surface area contributed by atoms with Gasteiger partial charge in [0.25, 0.3) is 5.91 Å². The molecule has 1 rings (SSSR count). The zero-order valence-electron chi connectivity index (χ0n) is 11.9. The molecule has 0 saturated carbocycles. The highest BCUT2D eigenvalue weighted by Crippen LogP contribution is 2.24. The maximum absolute atomic E-state index is 12.2. The average Bonchev–Trinajstić information content (AvgIpc) is 2.30. The molecule has 1 atom stereocenters. The van der Waals surface area contributed by atoms with Crippen LogP contribution in [0.2, 0.25) is 5.02 Å². The van der Waals surface area contributed by atoms with Crippen LogP contribution < -0.4 is 10.5 Å². The van der Waals surface area contributed by atoms with Gasteiger partial charge in [0.15, 0.2) is 0 Å². The highest BCUT2D eigenvalue weighted by atomic mass is 35.5. The van der Waals surface area contributed by atoms with Crippen molar-refractivity contribution >= 4 is 27.5 Å². The van der Waals surface area contributed by atoms with E-state index < -0.39 is 10.0 Å². The number of halogens is 1. The van der Waals surface area contributed by atoms with E-state index in [1.807, 2.05) is 20.8 Å². The Hall–Kier alpha value is -1.11. The number of primary sulfonamides is 1. The van der Waals surface area contributed by atoms with Crippen molar-refractivity contribution in [3.05, 3.63) is 28.3 Å². The van der Waals surface area contributed by atoms with Crippen molar-refractivity contribution < 1.29 is 13.2 Å². The molecule has 112 valence electrons. The number of nitrogens with one attached hydrogen (secondary N) is 1. The van der Waals surface area contributed by atoms with E-state index in [1.165, 1.54) is 12.1 Å². The molecular weight excluding hydrogens is 300 g/mol. The van der Waals surface area contributed by atoms with E-state index in [4.69, 9.17) is 16.7 Å². The van der Waals surface area contributed by atoms with E-state index in [-0.39, 0.29) is 33.3 Å². The van der Waals surface area contributed by atoms with Gasteiger partial charge in [-0.05, 0) is 37.5 Å². The fraction of sp³-hybridized carbons (Fsp3) is 0.462. The van der Waals surface area contributed by atoms with Crippen LogP contribution in [0.25, 0.3) is 0 Å². The summed E-state index contributed by atoms with van der Waals surface area (Å²) in [5, 5.41) is 8.08. The van der Waals surface area contributed by atoms with Crippen molar-refractivity contribution in [2.75, 3.05) is 0 Å². The van der Waals surface area contributed by atoms with Gasteiger partial charge in [-0.15, -0.1) is 0 Å². The summed E-state index contributed by atoms with van der Waals surface area (Å²) < 4.78 is 22.8. The van der Waals surface area contributed by atoms with Gasteiger partial charge in [0.2, 0.25) is 10.0 Å². The lowest BCUT2D eigenvalue weighted by Crippen LogP contribution is -2.36. The second kappa shape index (κ2) is 6.11. The Morgan fingerprint density at radius 1 is 1.30 bits per heavy atom. The summed E-state index contributed by atoms with van der Waals surface area (Å²) in [5.74, 6) is -0.104. The number of carbonyl (C=O) groups is 1. The normalized spacial score (nSPS) is 13.3. The van der Waals surface area contributed by atoms with E-state index in [0.717, 1.165) is 0 Å². The third kappa shape index (κ3) is 3.94. The van der Waals surface area contributed by atoms with Gasteiger partial charge >= 0.3 is 0 Å². The molecule has 0 fully saturated rings. The van der Waals surface area contributed by atoms with Gasteiger partial charge in [0.05, 0.1) is 4.90 Å². The summed E-state index contributed by atoms with van der Waals surface area (Å²) in [4.78, 5) is 12.0. The molecule has 0 heterocycles. The SMILES string of the molecule is Cc1c(Cl)cc(S(N)(=O)=O)cc1C(=O)NC(C)C(C)C. The lowest BCUT2D eigenvalue weighted by molar-refractivity contribution is 0.0929. The Kier molecular flexibility index (Phi) is 5.18. The molecule has 0 saturated heterocycles. The lowest BCUT2D eigenvalue weighted by atomic mass is 10.0.